The van der Waals surface area contributed by atoms with Crippen molar-refractivity contribution in [2.75, 3.05) is 4.90 Å². The van der Waals surface area contributed by atoms with Crippen molar-refractivity contribution in [3.8, 4) is 44.5 Å². The fourth-order valence-corrected chi connectivity index (χ4v) is 14.4. The zero-order valence-corrected chi connectivity index (χ0v) is 41.0. The molecule has 0 unspecified atom stereocenters. The van der Waals surface area contributed by atoms with Crippen LogP contribution in [0.5, 0.6) is 0 Å². The summed E-state index contributed by atoms with van der Waals surface area (Å²) in [5.41, 5.74) is 24.6. The van der Waals surface area contributed by atoms with Gasteiger partial charge in [-0.1, -0.05) is 142 Å². The molecule has 0 bridgehead atoms. The van der Waals surface area contributed by atoms with E-state index in [1.807, 2.05) is 22.7 Å². The van der Waals surface area contributed by atoms with Crippen LogP contribution in [0.1, 0.15) is 72.2 Å². The predicted octanol–water partition coefficient (Wildman–Crippen LogP) is 19.1. The van der Waals surface area contributed by atoms with Crippen LogP contribution >= 0.6 is 22.7 Å². The van der Waals surface area contributed by atoms with Gasteiger partial charge in [0.2, 0.25) is 0 Å². The number of hydrogen-bond donors (Lipinski definition) is 0. The SMILES string of the molecule is Cc1ccc(C)c(-c2cc3c(c4c2sc2ccccc24)-c2ccc(N(c4ccccc4)c4ccc5c(c4)C(C)(C)c4cc(-c6cc(C)ccc6C)c6sc7ccccc7c6c4-5)cc2C3(C)C)c1. The van der Waals surface area contributed by atoms with E-state index in [1.54, 1.807) is 0 Å². The van der Waals surface area contributed by atoms with Crippen molar-refractivity contribution in [1.82, 2.24) is 0 Å². The molecule has 2 aliphatic carbocycles. The Bertz CT molecular complexity index is 3680. The van der Waals surface area contributed by atoms with Crippen molar-refractivity contribution in [2.45, 2.75) is 66.2 Å². The largest absolute Gasteiger partial charge is 0.310 e. The van der Waals surface area contributed by atoms with Crippen LogP contribution in [0.3, 0.4) is 0 Å². The number of thiophene rings is 2. The summed E-state index contributed by atoms with van der Waals surface area (Å²) >= 11 is 3.88. The van der Waals surface area contributed by atoms with E-state index in [2.05, 4.69) is 224 Å². The minimum Gasteiger partial charge on any atom is -0.310 e. The van der Waals surface area contributed by atoms with E-state index in [4.69, 9.17) is 0 Å². The molecule has 1 nitrogen and oxygen atoms in total. The zero-order chi connectivity index (χ0) is 45.7. The van der Waals surface area contributed by atoms with Gasteiger partial charge in [0.25, 0.3) is 0 Å². The van der Waals surface area contributed by atoms with Gasteiger partial charge in [-0.15, -0.1) is 22.7 Å². The van der Waals surface area contributed by atoms with Crippen LogP contribution in [0.25, 0.3) is 84.9 Å². The third-order valence-corrected chi connectivity index (χ3v) is 17.8. The minimum atomic E-state index is -0.240. The topological polar surface area (TPSA) is 3.24 Å². The summed E-state index contributed by atoms with van der Waals surface area (Å²) in [6.45, 7) is 18.7. The molecule has 67 heavy (non-hydrogen) atoms. The van der Waals surface area contributed by atoms with Crippen LogP contribution < -0.4 is 4.90 Å². The van der Waals surface area contributed by atoms with Crippen molar-refractivity contribution >= 4 is 80.1 Å². The van der Waals surface area contributed by atoms with E-state index < -0.39 is 0 Å². The maximum Gasteiger partial charge on any atom is 0.0465 e. The first-order chi connectivity index (χ1) is 32.4. The molecule has 0 saturated carbocycles. The van der Waals surface area contributed by atoms with Gasteiger partial charge in [-0.2, -0.15) is 0 Å². The van der Waals surface area contributed by atoms with Crippen LogP contribution in [0.2, 0.25) is 0 Å². The lowest BCUT2D eigenvalue weighted by atomic mass is 9.80. The summed E-state index contributed by atoms with van der Waals surface area (Å²) in [7, 11) is 0. The average Bonchev–Trinajstić information content (AvgIpc) is 4.03. The molecule has 0 radical (unpaired) electrons. The number of aryl methyl sites for hydroxylation is 4. The Balaban J connectivity index is 1.01. The molecule has 0 fully saturated rings. The second kappa shape index (κ2) is 14.4. The van der Waals surface area contributed by atoms with Crippen molar-refractivity contribution in [3.63, 3.8) is 0 Å². The Morgan fingerprint density at radius 1 is 0.358 bits per heavy atom. The van der Waals surface area contributed by atoms with Gasteiger partial charge in [0.1, 0.15) is 0 Å². The molecule has 0 saturated heterocycles. The second-order valence-electron chi connectivity index (χ2n) is 20.3. The van der Waals surface area contributed by atoms with Gasteiger partial charge in [0.05, 0.1) is 0 Å². The second-order valence-corrected chi connectivity index (χ2v) is 22.4. The number of rotatable bonds is 5. The Hall–Kier alpha value is -6.78. The average molecular weight is 898 g/mol. The summed E-state index contributed by atoms with van der Waals surface area (Å²) in [5, 5.41) is 5.48. The lowest BCUT2D eigenvalue weighted by Crippen LogP contribution is -2.18. The minimum absolute atomic E-state index is 0.240. The first kappa shape index (κ1) is 40.5. The molecule has 13 rings (SSSR count). The van der Waals surface area contributed by atoms with Gasteiger partial charge in [0.15, 0.2) is 0 Å². The number of benzene rings is 9. The van der Waals surface area contributed by atoms with Gasteiger partial charge in [0, 0.05) is 79.4 Å². The fraction of sp³-hybridized carbons (Fsp3) is 0.156. The van der Waals surface area contributed by atoms with Crippen LogP contribution in [0.4, 0.5) is 17.1 Å². The molecule has 9 aromatic carbocycles. The van der Waals surface area contributed by atoms with Crippen molar-refractivity contribution in [3.05, 3.63) is 208 Å². The molecule has 2 aliphatic rings. The number of hydrogen-bond acceptors (Lipinski definition) is 3. The van der Waals surface area contributed by atoms with Crippen LogP contribution in [0.15, 0.2) is 164 Å². The molecule has 324 valence electrons. The highest BCUT2D eigenvalue weighted by molar-refractivity contribution is 7.27. The van der Waals surface area contributed by atoms with E-state index in [1.165, 1.54) is 141 Å². The maximum atomic E-state index is 2.54. The lowest BCUT2D eigenvalue weighted by Gasteiger charge is -2.29. The molecule has 0 aliphatic heterocycles. The highest BCUT2D eigenvalue weighted by atomic mass is 32.1. The number of nitrogens with zero attached hydrogens (tertiary/aromatic N) is 1. The van der Waals surface area contributed by atoms with Gasteiger partial charge in [-0.3, -0.25) is 0 Å². The number of para-hydroxylation sites is 1. The van der Waals surface area contributed by atoms with Crippen LogP contribution in [0, 0.1) is 27.7 Å². The highest BCUT2D eigenvalue weighted by Gasteiger charge is 2.41. The maximum absolute atomic E-state index is 2.54. The van der Waals surface area contributed by atoms with Crippen molar-refractivity contribution in [2.24, 2.45) is 0 Å². The molecule has 0 N–H and O–H groups in total. The molecule has 0 amide bonds. The number of anilines is 3. The third kappa shape index (κ3) is 5.78. The van der Waals surface area contributed by atoms with Crippen LogP contribution in [-0.4, -0.2) is 0 Å². The summed E-state index contributed by atoms with van der Waals surface area (Å²) in [5.74, 6) is 0. The molecule has 11 aromatic rings. The third-order valence-electron chi connectivity index (χ3n) is 15.4. The molecule has 0 spiro atoms. The normalized spacial score (nSPS) is 14.2. The monoisotopic (exact) mass is 897 g/mol. The van der Waals surface area contributed by atoms with Crippen molar-refractivity contribution in [1.29, 1.82) is 0 Å². The molecule has 2 heterocycles. The van der Waals surface area contributed by atoms with Crippen molar-refractivity contribution < 1.29 is 0 Å². The zero-order valence-electron chi connectivity index (χ0n) is 39.4. The molecule has 2 aromatic heterocycles. The Labute approximate surface area is 401 Å². The van der Waals surface area contributed by atoms with E-state index >= 15 is 0 Å². The first-order valence-corrected chi connectivity index (χ1v) is 25.3. The molecule has 0 atom stereocenters. The van der Waals surface area contributed by atoms with Gasteiger partial charge in [-0.05, 0) is 155 Å². The standard InChI is InChI=1S/C64H51NS2/c1-36-22-24-38(3)47(30-36)49-34-53-57(59-45-18-12-14-20-55(45)66-61(49)59)43-28-26-41(32-51(43)63(53,5)6)65(40-16-10-9-11-17-40)42-27-29-44-52(33-42)64(7,8)54-35-50(48-31-37(2)23-25-39(48)4)62-60(58(44)54)46-19-13-15-21-56(46)67-62/h9-35H,1-8H3. The van der Waals surface area contributed by atoms with E-state index in [9.17, 15) is 0 Å². The summed E-state index contributed by atoms with van der Waals surface area (Å²) < 4.78 is 5.43. The molecular formula is C64H51NS2. The molecule has 3 heteroatoms. The van der Waals surface area contributed by atoms with E-state index in [0.29, 0.717) is 0 Å². The van der Waals surface area contributed by atoms with Crippen LogP contribution in [-0.2, 0) is 10.8 Å². The number of fused-ring (bicyclic) bond motifs is 14. The molecular weight excluding hydrogens is 847 g/mol. The summed E-state index contributed by atoms with van der Waals surface area (Å²) in [6.07, 6.45) is 0. The Morgan fingerprint density at radius 3 is 1.25 bits per heavy atom. The summed E-state index contributed by atoms with van der Waals surface area (Å²) in [4.78, 5) is 2.49. The lowest BCUT2D eigenvalue weighted by molar-refractivity contribution is 0.660. The Kier molecular flexibility index (Phi) is 8.68. The fourth-order valence-electron chi connectivity index (χ4n) is 11.9. The quantitative estimate of drug-likeness (QED) is 0.166. The predicted molar refractivity (Wildman–Crippen MR) is 292 cm³/mol. The first-order valence-electron chi connectivity index (χ1n) is 23.7. The summed E-state index contributed by atoms with van der Waals surface area (Å²) in [6, 6.07) is 62.6. The van der Waals surface area contributed by atoms with E-state index in [0.717, 1.165) is 5.69 Å². The van der Waals surface area contributed by atoms with Gasteiger partial charge in [-0.25, -0.2) is 0 Å². The van der Waals surface area contributed by atoms with Gasteiger partial charge >= 0.3 is 0 Å². The highest BCUT2D eigenvalue weighted by Crippen LogP contribution is 2.60. The smallest absolute Gasteiger partial charge is 0.0465 e. The Morgan fingerprint density at radius 2 is 0.791 bits per heavy atom. The van der Waals surface area contributed by atoms with Gasteiger partial charge < -0.3 is 4.90 Å². The van der Waals surface area contributed by atoms with E-state index in [-0.39, 0.29) is 10.8 Å².